The Morgan fingerprint density at radius 1 is 1.32 bits per heavy atom. The average molecular weight is 303 g/mol. The number of nitrogens with zero attached hydrogens (tertiary/aromatic N) is 1. The molecule has 0 saturated carbocycles. The zero-order valence-electron chi connectivity index (χ0n) is 10.2. The van der Waals surface area contributed by atoms with Gasteiger partial charge in [0.15, 0.2) is 0 Å². The number of nitrogens with one attached hydrogen (secondary N) is 1. The summed E-state index contributed by atoms with van der Waals surface area (Å²) in [5.41, 5.74) is 0.572. The molecule has 1 unspecified atom stereocenters. The smallest absolute Gasteiger partial charge is 0.286 e. The van der Waals surface area contributed by atoms with Crippen LogP contribution in [0, 0.1) is 0 Å². The van der Waals surface area contributed by atoms with E-state index >= 15 is 0 Å². The molecule has 1 aromatic carbocycles. The number of benzene rings is 1. The van der Waals surface area contributed by atoms with Gasteiger partial charge in [-0.3, -0.25) is 0 Å². The molecule has 104 valence electrons. The highest BCUT2D eigenvalue weighted by molar-refractivity contribution is 7.90. The largest absolute Gasteiger partial charge is 0.472 e. The first-order chi connectivity index (χ1) is 8.67. The Hall–Kier alpha value is -1.11. The molecular weight excluding hydrogens is 288 g/mol. The standard InChI is InChI=1S/C12H14N2O3S.ClH/c15-18(16)11-6-2-1-5-10(11)12(14-18)17-9-4-3-7-13-8-9;/h1-2,5-6,9,13H,3-4,7-8H2;1H. The van der Waals surface area contributed by atoms with Crippen molar-refractivity contribution < 1.29 is 13.2 Å². The highest BCUT2D eigenvalue weighted by Gasteiger charge is 2.31. The van der Waals surface area contributed by atoms with Crippen LogP contribution >= 0.6 is 12.4 Å². The molecule has 3 rings (SSSR count). The normalized spacial score (nSPS) is 24.0. The van der Waals surface area contributed by atoms with Gasteiger partial charge in [0.1, 0.15) is 11.0 Å². The Kier molecular flexibility index (Phi) is 4.13. The summed E-state index contributed by atoms with van der Waals surface area (Å²) in [4.78, 5) is 0.240. The minimum Gasteiger partial charge on any atom is -0.472 e. The Bertz CT molecular complexity index is 595. The number of hydrogen-bond donors (Lipinski definition) is 1. The van der Waals surface area contributed by atoms with Gasteiger partial charge in [0, 0.05) is 6.54 Å². The Labute approximate surface area is 118 Å². The number of fused-ring (bicyclic) bond motifs is 1. The van der Waals surface area contributed by atoms with E-state index < -0.39 is 10.0 Å². The molecular formula is C12H15ClN2O3S. The van der Waals surface area contributed by atoms with Crippen LogP contribution in [0.2, 0.25) is 0 Å². The monoisotopic (exact) mass is 302 g/mol. The first-order valence-electron chi connectivity index (χ1n) is 5.98. The third-order valence-corrected chi connectivity index (χ3v) is 4.45. The Morgan fingerprint density at radius 2 is 2.11 bits per heavy atom. The SMILES string of the molecule is Cl.O=S1(=O)N=C(OC2CCCNC2)c2ccccc21. The summed E-state index contributed by atoms with van der Waals surface area (Å²) >= 11 is 0. The molecule has 0 amide bonds. The summed E-state index contributed by atoms with van der Waals surface area (Å²) in [5, 5.41) is 3.22. The van der Waals surface area contributed by atoms with Gasteiger partial charge in [0.05, 0.1) is 5.56 Å². The molecule has 2 aliphatic heterocycles. The molecule has 0 aromatic heterocycles. The van der Waals surface area contributed by atoms with Crippen LogP contribution in [-0.2, 0) is 14.8 Å². The van der Waals surface area contributed by atoms with Gasteiger partial charge >= 0.3 is 0 Å². The second-order valence-corrected chi connectivity index (χ2v) is 6.03. The molecule has 2 aliphatic rings. The van der Waals surface area contributed by atoms with Crippen LogP contribution in [0.1, 0.15) is 18.4 Å². The van der Waals surface area contributed by atoms with Gasteiger partial charge in [0.25, 0.3) is 10.0 Å². The molecule has 2 heterocycles. The number of halogens is 1. The fourth-order valence-electron chi connectivity index (χ4n) is 2.24. The molecule has 5 nitrogen and oxygen atoms in total. The van der Waals surface area contributed by atoms with E-state index in [1.165, 1.54) is 0 Å². The van der Waals surface area contributed by atoms with E-state index in [2.05, 4.69) is 9.71 Å². The summed E-state index contributed by atoms with van der Waals surface area (Å²) in [7, 11) is -3.56. The van der Waals surface area contributed by atoms with Crippen molar-refractivity contribution in [2.75, 3.05) is 13.1 Å². The topological polar surface area (TPSA) is 67.8 Å². The van der Waals surface area contributed by atoms with Crippen molar-refractivity contribution in [2.45, 2.75) is 23.8 Å². The summed E-state index contributed by atoms with van der Waals surface area (Å²) < 4.78 is 33.1. The van der Waals surface area contributed by atoms with E-state index in [0.29, 0.717) is 5.56 Å². The lowest BCUT2D eigenvalue weighted by Gasteiger charge is -2.23. The molecule has 1 atom stereocenters. The van der Waals surface area contributed by atoms with Gasteiger partial charge in [-0.2, -0.15) is 8.42 Å². The molecule has 0 bridgehead atoms. The van der Waals surface area contributed by atoms with Gasteiger partial charge in [0.2, 0.25) is 5.90 Å². The number of piperidine rings is 1. The highest BCUT2D eigenvalue weighted by atomic mass is 35.5. The van der Waals surface area contributed by atoms with Crippen LogP contribution in [0.15, 0.2) is 33.6 Å². The van der Waals surface area contributed by atoms with Crippen LogP contribution < -0.4 is 5.32 Å². The Morgan fingerprint density at radius 3 is 2.84 bits per heavy atom. The fourth-order valence-corrected chi connectivity index (χ4v) is 3.38. The van der Waals surface area contributed by atoms with Gasteiger partial charge in [-0.25, -0.2) is 0 Å². The maximum atomic E-state index is 11.8. The predicted octanol–water partition coefficient (Wildman–Crippen LogP) is 1.33. The third-order valence-electron chi connectivity index (χ3n) is 3.13. The average Bonchev–Trinajstić information content (AvgIpc) is 2.63. The molecule has 1 saturated heterocycles. The Balaban J connectivity index is 0.00000133. The molecule has 0 aliphatic carbocycles. The quantitative estimate of drug-likeness (QED) is 0.850. The van der Waals surface area contributed by atoms with E-state index in [0.717, 1.165) is 25.9 Å². The van der Waals surface area contributed by atoms with Crippen molar-refractivity contribution in [2.24, 2.45) is 4.40 Å². The minimum atomic E-state index is -3.56. The molecule has 1 aromatic rings. The van der Waals surface area contributed by atoms with Crippen LogP contribution in [0.4, 0.5) is 0 Å². The van der Waals surface area contributed by atoms with Crippen molar-refractivity contribution in [3.05, 3.63) is 29.8 Å². The maximum Gasteiger partial charge on any atom is 0.286 e. The van der Waals surface area contributed by atoms with Crippen molar-refractivity contribution >= 4 is 28.3 Å². The van der Waals surface area contributed by atoms with Crippen LogP contribution in [0.5, 0.6) is 0 Å². The van der Waals surface area contributed by atoms with Crippen LogP contribution in [0.25, 0.3) is 0 Å². The number of hydrogen-bond acceptors (Lipinski definition) is 4. The lowest BCUT2D eigenvalue weighted by molar-refractivity contribution is 0.156. The first kappa shape index (κ1) is 14.3. The number of sulfonamides is 1. The minimum absolute atomic E-state index is 0. The van der Waals surface area contributed by atoms with E-state index in [4.69, 9.17) is 4.74 Å². The molecule has 0 spiro atoms. The second-order valence-electron chi connectivity index (χ2n) is 4.45. The molecule has 7 heteroatoms. The second kappa shape index (κ2) is 5.48. The van der Waals surface area contributed by atoms with Crippen molar-refractivity contribution in [1.82, 2.24) is 5.32 Å². The lowest BCUT2D eigenvalue weighted by Crippen LogP contribution is -2.36. The van der Waals surface area contributed by atoms with E-state index in [-0.39, 0.29) is 29.3 Å². The summed E-state index contributed by atoms with van der Waals surface area (Å²) in [6.07, 6.45) is 1.96. The fraction of sp³-hybridized carbons (Fsp3) is 0.417. The first-order valence-corrected chi connectivity index (χ1v) is 7.42. The van der Waals surface area contributed by atoms with Crippen molar-refractivity contribution in [3.63, 3.8) is 0 Å². The van der Waals surface area contributed by atoms with E-state index in [1.54, 1.807) is 24.3 Å². The number of ether oxygens (including phenoxy) is 1. The van der Waals surface area contributed by atoms with Gasteiger partial charge in [-0.1, -0.05) is 12.1 Å². The predicted molar refractivity (Wildman–Crippen MR) is 74.4 cm³/mol. The summed E-state index contributed by atoms with van der Waals surface area (Å²) in [6, 6.07) is 6.77. The third kappa shape index (κ3) is 2.75. The zero-order valence-corrected chi connectivity index (χ0v) is 11.8. The molecule has 1 fully saturated rings. The zero-order chi connectivity index (χ0) is 12.6. The molecule has 19 heavy (non-hydrogen) atoms. The number of rotatable bonds is 1. The summed E-state index contributed by atoms with van der Waals surface area (Å²) in [6.45, 7) is 1.72. The molecule has 0 radical (unpaired) electrons. The van der Waals surface area contributed by atoms with Crippen molar-refractivity contribution in [3.8, 4) is 0 Å². The van der Waals surface area contributed by atoms with Gasteiger partial charge < -0.3 is 10.1 Å². The maximum absolute atomic E-state index is 11.8. The lowest BCUT2D eigenvalue weighted by atomic mass is 10.1. The van der Waals surface area contributed by atoms with Crippen LogP contribution in [-0.4, -0.2) is 33.5 Å². The van der Waals surface area contributed by atoms with E-state index in [1.807, 2.05) is 0 Å². The van der Waals surface area contributed by atoms with Gasteiger partial charge in [-0.05, 0) is 31.5 Å². The summed E-state index contributed by atoms with van der Waals surface area (Å²) in [5.74, 6) is 0.235. The van der Waals surface area contributed by atoms with Crippen molar-refractivity contribution in [1.29, 1.82) is 0 Å². The van der Waals surface area contributed by atoms with Crippen LogP contribution in [0.3, 0.4) is 0 Å². The van der Waals surface area contributed by atoms with Gasteiger partial charge in [-0.15, -0.1) is 16.8 Å². The van der Waals surface area contributed by atoms with E-state index in [9.17, 15) is 8.42 Å². The highest BCUT2D eigenvalue weighted by Crippen LogP contribution is 2.27. The molecule has 1 N–H and O–H groups in total.